The third-order valence-electron chi connectivity index (χ3n) is 4.21. The number of rotatable bonds is 6. The molecule has 0 spiro atoms. The SMILES string of the molecule is Cc1nc(COc2ccccc2C(=O)Oc2ccc(-c3ccccc3)cc2)no1. The van der Waals surface area contributed by atoms with Crippen molar-refractivity contribution in [3.8, 4) is 22.6 Å². The van der Waals surface area contributed by atoms with Gasteiger partial charge < -0.3 is 14.0 Å². The molecule has 0 bridgehead atoms. The Kier molecular flexibility index (Phi) is 5.33. The van der Waals surface area contributed by atoms with E-state index in [9.17, 15) is 4.79 Å². The molecule has 0 amide bonds. The largest absolute Gasteiger partial charge is 0.485 e. The van der Waals surface area contributed by atoms with E-state index in [0.717, 1.165) is 11.1 Å². The van der Waals surface area contributed by atoms with Crippen LogP contribution in [0.15, 0.2) is 83.4 Å². The fourth-order valence-electron chi connectivity index (χ4n) is 2.81. The molecule has 0 saturated carbocycles. The van der Waals surface area contributed by atoms with E-state index in [4.69, 9.17) is 14.0 Å². The first-order valence-electron chi connectivity index (χ1n) is 9.08. The molecule has 3 aromatic carbocycles. The lowest BCUT2D eigenvalue weighted by atomic mass is 10.1. The van der Waals surface area contributed by atoms with Crippen LogP contribution < -0.4 is 9.47 Å². The van der Waals surface area contributed by atoms with Crippen LogP contribution in [-0.4, -0.2) is 16.1 Å². The van der Waals surface area contributed by atoms with E-state index in [2.05, 4.69) is 10.1 Å². The Hall–Kier alpha value is -3.93. The van der Waals surface area contributed by atoms with Crippen molar-refractivity contribution in [3.05, 3.63) is 96.1 Å². The molecule has 0 unspecified atom stereocenters. The summed E-state index contributed by atoms with van der Waals surface area (Å²) in [4.78, 5) is 16.7. The molecule has 4 rings (SSSR count). The second-order valence-corrected chi connectivity index (χ2v) is 6.29. The second kappa shape index (κ2) is 8.39. The van der Waals surface area contributed by atoms with Gasteiger partial charge in [0, 0.05) is 6.92 Å². The lowest BCUT2D eigenvalue weighted by molar-refractivity contribution is 0.0729. The maximum atomic E-state index is 12.7. The minimum Gasteiger partial charge on any atom is -0.485 e. The summed E-state index contributed by atoms with van der Waals surface area (Å²) in [6, 6.07) is 24.2. The molecule has 0 fully saturated rings. The van der Waals surface area contributed by atoms with Gasteiger partial charge in [-0.05, 0) is 35.4 Å². The highest BCUT2D eigenvalue weighted by Gasteiger charge is 2.15. The number of aryl methyl sites for hydroxylation is 1. The number of para-hydroxylation sites is 1. The molecule has 0 aliphatic carbocycles. The lowest BCUT2D eigenvalue weighted by Gasteiger charge is -2.10. The Morgan fingerprint density at radius 3 is 2.31 bits per heavy atom. The van der Waals surface area contributed by atoms with E-state index >= 15 is 0 Å². The number of nitrogens with zero attached hydrogens (tertiary/aromatic N) is 2. The van der Waals surface area contributed by atoms with Crippen LogP contribution in [0.1, 0.15) is 22.1 Å². The average molecular weight is 386 g/mol. The van der Waals surface area contributed by atoms with Crippen molar-refractivity contribution in [2.24, 2.45) is 0 Å². The smallest absolute Gasteiger partial charge is 0.347 e. The number of carbonyl (C=O) groups excluding carboxylic acids is 1. The van der Waals surface area contributed by atoms with Crippen molar-refractivity contribution in [3.63, 3.8) is 0 Å². The fraction of sp³-hybridized carbons (Fsp3) is 0.0870. The highest BCUT2D eigenvalue weighted by Crippen LogP contribution is 2.24. The van der Waals surface area contributed by atoms with Gasteiger partial charge in [-0.25, -0.2) is 4.79 Å². The molecular weight excluding hydrogens is 368 g/mol. The third-order valence-corrected chi connectivity index (χ3v) is 4.21. The van der Waals surface area contributed by atoms with Gasteiger partial charge in [0.15, 0.2) is 6.61 Å². The van der Waals surface area contributed by atoms with Gasteiger partial charge in [-0.2, -0.15) is 4.98 Å². The molecule has 0 saturated heterocycles. The van der Waals surface area contributed by atoms with Gasteiger partial charge in [-0.3, -0.25) is 0 Å². The Bertz CT molecular complexity index is 1110. The first kappa shape index (κ1) is 18.4. The van der Waals surface area contributed by atoms with Crippen molar-refractivity contribution in [2.75, 3.05) is 0 Å². The van der Waals surface area contributed by atoms with Gasteiger partial charge in [-0.15, -0.1) is 0 Å². The fourth-order valence-corrected chi connectivity index (χ4v) is 2.81. The Morgan fingerprint density at radius 2 is 1.59 bits per heavy atom. The van der Waals surface area contributed by atoms with Crippen LogP contribution in [0.5, 0.6) is 11.5 Å². The van der Waals surface area contributed by atoms with Crippen LogP contribution >= 0.6 is 0 Å². The molecule has 0 aliphatic rings. The number of esters is 1. The maximum Gasteiger partial charge on any atom is 0.347 e. The van der Waals surface area contributed by atoms with Crippen molar-refractivity contribution in [1.29, 1.82) is 0 Å². The summed E-state index contributed by atoms with van der Waals surface area (Å²) in [5.41, 5.74) is 2.46. The topological polar surface area (TPSA) is 74.5 Å². The van der Waals surface area contributed by atoms with E-state index in [1.807, 2.05) is 42.5 Å². The number of hydrogen-bond acceptors (Lipinski definition) is 6. The van der Waals surface area contributed by atoms with Crippen LogP contribution in [0.4, 0.5) is 0 Å². The van der Waals surface area contributed by atoms with Crippen LogP contribution in [-0.2, 0) is 6.61 Å². The van der Waals surface area contributed by atoms with Gasteiger partial charge >= 0.3 is 5.97 Å². The van der Waals surface area contributed by atoms with Crippen molar-refractivity contribution >= 4 is 5.97 Å². The first-order valence-corrected chi connectivity index (χ1v) is 9.08. The number of carbonyl (C=O) groups is 1. The first-order chi connectivity index (χ1) is 14.2. The van der Waals surface area contributed by atoms with Crippen molar-refractivity contribution < 1.29 is 18.8 Å². The quantitative estimate of drug-likeness (QED) is 0.349. The molecule has 6 heteroatoms. The normalized spacial score (nSPS) is 10.5. The molecule has 4 aromatic rings. The van der Waals surface area contributed by atoms with Crippen LogP contribution in [0.3, 0.4) is 0 Å². The maximum absolute atomic E-state index is 12.7. The summed E-state index contributed by atoms with van der Waals surface area (Å²) in [5.74, 6) is 1.20. The van der Waals surface area contributed by atoms with E-state index in [-0.39, 0.29) is 6.61 Å². The molecule has 0 aliphatic heterocycles. The zero-order chi connectivity index (χ0) is 20.1. The zero-order valence-electron chi connectivity index (χ0n) is 15.7. The molecule has 0 N–H and O–H groups in total. The summed E-state index contributed by atoms with van der Waals surface area (Å²) in [7, 11) is 0. The molecule has 6 nitrogen and oxygen atoms in total. The monoisotopic (exact) mass is 386 g/mol. The second-order valence-electron chi connectivity index (χ2n) is 6.29. The minimum atomic E-state index is -0.502. The summed E-state index contributed by atoms with van der Waals surface area (Å²) < 4.78 is 16.1. The molecular formula is C23H18N2O4. The summed E-state index contributed by atoms with van der Waals surface area (Å²) in [5, 5.41) is 3.78. The molecule has 1 aromatic heterocycles. The predicted molar refractivity (Wildman–Crippen MR) is 107 cm³/mol. The molecule has 1 heterocycles. The predicted octanol–water partition coefficient (Wildman–Crippen LogP) is 4.84. The van der Waals surface area contributed by atoms with Gasteiger partial charge in [0.25, 0.3) is 0 Å². The average Bonchev–Trinajstić information content (AvgIpc) is 3.19. The van der Waals surface area contributed by atoms with Crippen LogP contribution in [0.2, 0.25) is 0 Å². The minimum absolute atomic E-state index is 0.0907. The van der Waals surface area contributed by atoms with Gasteiger partial charge in [0.05, 0.1) is 0 Å². The molecule has 29 heavy (non-hydrogen) atoms. The van der Waals surface area contributed by atoms with E-state index in [1.165, 1.54) is 0 Å². The molecule has 144 valence electrons. The van der Waals surface area contributed by atoms with Gasteiger partial charge in [0.1, 0.15) is 17.1 Å². The van der Waals surface area contributed by atoms with E-state index in [0.29, 0.717) is 28.8 Å². The number of hydrogen-bond donors (Lipinski definition) is 0. The number of benzene rings is 3. The summed E-state index contributed by atoms with van der Waals surface area (Å²) in [6.07, 6.45) is 0. The van der Waals surface area contributed by atoms with Gasteiger partial charge in [0.2, 0.25) is 11.7 Å². The van der Waals surface area contributed by atoms with Crippen LogP contribution in [0.25, 0.3) is 11.1 Å². The Morgan fingerprint density at radius 1 is 0.897 bits per heavy atom. The molecule has 0 radical (unpaired) electrons. The lowest BCUT2D eigenvalue weighted by Crippen LogP contribution is -2.11. The van der Waals surface area contributed by atoms with Gasteiger partial charge in [-0.1, -0.05) is 59.8 Å². The van der Waals surface area contributed by atoms with E-state index < -0.39 is 5.97 Å². The summed E-state index contributed by atoms with van der Waals surface area (Å²) in [6.45, 7) is 1.79. The number of ether oxygens (including phenoxy) is 2. The Balaban J connectivity index is 1.46. The standard InChI is InChI=1S/C23H18N2O4/c1-16-24-22(25-29-16)15-27-21-10-6-5-9-20(21)23(26)28-19-13-11-18(12-14-19)17-7-3-2-4-8-17/h2-14H,15H2,1H3. The van der Waals surface area contributed by atoms with Crippen LogP contribution in [0, 0.1) is 6.92 Å². The zero-order valence-corrected chi connectivity index (χ0v) is 15.7. The third kappa shape index (κ3) is 4.50. The van der Waals surface area contributed by atoms with E-state index in [1.54, 1.807) is 43.3 Å². The van der Waals surface area contributed by atoms with Crippen molar-refractivity contribution in [2.45, 2.75) is 13.5 Å². The highest BCUT2D eigenvalue weighted by molar-refractivity contribution is 5.94. The number of aromatic nitrogens is 2. The summed E-state index contributed by atoms with van der Waals surface area (Å²) >= 11 is 0. The molecule has 0 atom stereocenters. The highest BCUT2D eigenvalue weighted by atomic mass is 16.5. The Labute approximate surface area is 167 Å². The van der Waals surface area contributed by atoms with Crippen molar-refractivity contribution in [1.82, 2.24) is 10.1 Å².